The van der Waals surface area contributed by atoms with Crippen molar-refractivity contribution in [1.82, 2.24) is 14.9 Å². The number of benzene rings is 1. The first-order valence-corrected chi connectivity index (χ1v) is 6.47. The summed E-state index contributed by atoms with van der Waals surface area (Å²) < 4.78 is 11.9. The molecule has 0 saturated carbocycles. The molecule has 2 rings (SSSR count). The summed E-state index contributed by atoms with van der Waals surface area (Å²) in [6.45, 7) is 1.72. The van der Waals surface area contributed by atoms with E-state index >= 15 is 0 Å². The average Bonchev–Trinajstić information content (AvgIpc) is 2.82. The number of methoxy groups -OCH3 is 2. The first kappa shape index (κ1) is 15.6. The standard InChI is InChI=1S/C12H13N5O4S/c1-7-14-15-12(22)16(7)13-6-8-4-9(17(18)19)11(21-3)5-10(8)20-2/h4-6H,1-3H3,(H,15,22)/b13-6-. The van der Waals surface area contributed by atoms with Crippen molar-refractivity contribution in [3.8, 4) is 11.5 Å². The lowest BCUT2D eigenvalue weighted by molar-refractivity contribution is -0.385. The van der Waals surface area contributed by atoms with Gasteiger partial charge in [0.05, 0.1) is 25.4 Å². The van der Waals surface area contributed by atoms with Gasteiger partial charge in [0.2, 0.25) is 10.5 Å². The van der Waals surface area contributed by atoms with Gasteiger partial charge in [-0.2, -0.15) is 14.9 Å². The van der Waals surface area contributed by atoms with Crippen LogP contribution >= 0.6 is 12.2 Å². The zero-order chi connectivity index (χ0) is 16.3. The fourth-order valence-electron chi connectivity index (χ4n) is 1.78. The molecule has 0 atom stereocenters. The highest BCUT2D eigenvalue weighted by molar-refractivity contribution is 7.71. The number of aromatic nitrogens is 3. The topological polar surface area (TPSA) is 108 Å². The van der Waals surface area contributed by atoms with Crippen LogP contribution in [0, 0.1) is 21.8 Å². The fourth-order valence-corrected chi connectivity index (χ4v) is 2.00. The van der Waals surface area contributed by atoms with E-state index in [1.54, 1.807) is 6.92 Å². The monoisotopic (exact) mass is 323 g/mol. The highest BCUT2D eigenvalue weighted by Crippen LogP contribution is 2.33. The molecule has 10 heteroatoms. The fraction of sp³-hybridized carbons (Fsp3) is 0.250. The molecule has 0 saturated heterocycles. The lowest BCUT2D eigenvalue weighted by Gasteiger charge is -2.08. The minimum atomic E-state index is -0.537. The predicted molar refractivity (Wildman–Crippen MR) is 81.3 cm³/mol. The van der Waals surface area contributed by atoms with E-state index in [1.807, 2.05) is 0 Å². The van der Waals surface area contributed by atoms with Gasteiger partial charge in [0.25, 0.3) is 0 Å². The van der Waals surface area contributed by atoms with Crippen molar-refractivity contribution in [3.63, 3.8) is 0 Å². The number of nitro groups is 1. The van der Waals surface area contributed by atoms with Crippen molar-refractivity contribution in [2.24, 2.45) is 5.10 Å². The SMILES string of the molecule is COc1cc(OC)c([N+](=O)[O-])cc1/C=N\n1c(C)n[nH]c1=S. The maximum atomic E-state index is 11.1. The largest absolute Gasteiger partial charge is 0.496 e. The van der Waals surface area contributed by atoms with E-state index in [1.165, 1.54) is 37.2 Å². The van der Waals surface area contributed by atoms with Crippen molar-refractivity contribution < 1.29 is 14.4 Å². The molecule has 0 fully saturated rings. The first-order valence-electron chi connectivity index (χ1n) is 6.06. The van der Waals surface area contributed by atoms with Crippen LogP contribution in [0.2, 0.25) is 0 Å². The second kappa shape index (κ2) is 6.35. The van der Waals surface area contributed by atoms with E-state index in [4.69, 9.17) is 21.7 Å². The van der Waals surface area contributed by atoms with E-state index in [9.17, 15) is 10.1 Å². The molecule has 116 valence electrons. The zero-order valence-corrected chi connectivity index (χ0v) is 12.9. The number of nitro benzene ring substituents is 1. The molecule has 0 radical (unpaired) electrons. The Morgan fingerprint density at radius 3 is 2.59 bits per heavy atom. The summed E-state index contributed by atoms with van der Waals surface area (Å²) >= 11 is 5.03. The van der Waals surface area contributed by atoms with Gasteiger partial charge in [-0.1, -0.05) is 0 Å². The van der Waals surface area contributed by atoms with Crippen molar-refractivity contribution in [3.05, 3.63) is 38.4 Å². The summed E-state index contributed by atoms with van der Waals surface area (Å²) in [4.78, 5) is 10.5. The molecule has 1 aromatic carbocycles. The van der Waals surface area contributed by atoms with Crippen molar-refractivity contribution in [2.75, 3.05) is 14.2 Å². The Bertz CT molecular complexity index is 795. The van der Waals surface area contributed by atoms with Crippen LogP contribution in [0.25, 0.3) is 0 Å². The number of hydrogen-bond donors (Lipinski definition) is 1. The maximum absolute atomic E-state index is 11.1. The molecule has 0 amide bonds. The molecule has 1 N–H and O–H groups in total. The lowest BCUT2D eigenvalue weighted by Crippen LogP contribution is -2.00. The predicted octanol–water partition coefficient (Wildman–Crippen LogP) is 2.06. The normalized spacial score (nSPS) is 10.9. The van der Waals surface area contributed by atoms with Crippen LogP contribution in [0.3, 0.4) is 0 Å². The second-order valence-corrected chi connectivity index (χ2v) is 4.54. The van der Waals surface area contributed by atoms with E-state index in [2.05, 4.69) is 15.3 Å². The third-order valence-electron chi connectivity index (χ3n) is 2.85. The molecule has 0 bridgehead atoms. The molecule has 22 heavy (non-hydrogen) atoms. The van der Waals surface area contributed by atoms with Crippen LogP contribution < -0.4 is 9.47 Å². The number of ether oxygens (including phenoxy) is 2. The number of aromatic amines is 1. The molecule has 0 aliphatic heterocycles. The van der Waals surface area contributed by atoms with Gasteiger partial charge in [-0.05, 0) is 19.1 Å². The van der Waals surface area contributed by atoms with E-state index in [0.717, 1.165) is 0 Å². The zero-order valence-electron chi connectivity index (χ0n) is 12.1. The van der Waals surface area contributed by atoms with Crippen LogP contribution in [0.4, 0.5) is 5.69 Å². The molecule has 0 unspecified atom stereocenters. The highest BCUT2D eigenvalue weighted by atomic mass is 32.1. The minimum Gasteiger partial charge on any atom is -0.496 e. The van der Waals surface area contributed by atoms with Crippen LogP contribution in [0.5, 0.6) is 11.5 Å². The summed E-state index contributed by atoms with van der Waals surface area (Å²) in [6, 6.07) is 2.75. The molecular weight excluding hydrogens is 310 g/mol. The summed E-state index contributed by atoms with van der Waals surface area (Å²) in [5, 5.41) is 21.7. The van der Waals surface area contributed by atoms with Gasteiger partial charge in [-0.3, -0.25) is 15.2 Å². The number of H-pyrrole nitrogens is 1. The van der Waals surface area contributed by atoms with Gasteiger partial charge in [0.1, 0.15) is 11.6 Å². The number of aryl methyl sites for hydroxylation is 1. The number of rotatable bonds is 5. The quantitative estimate of drug-likeness (QED) is 0.390. The Morgan fingerprint density at radius 2 is 2.09 bits per heavy atom. The maximum Gasteiger partial charge on any atom is 0.311 e. The van der Waals surface area contributed by atoms with Crippen LogP contribution in [-0.4, -0.2) is 40.2 Å². The molecule has 2 aromatic rings. The number of nitrogens with zero attached hydrogens (tertiary/aromatic N) is 4. The van der Waals surface area contributed by atoms with Crippen LogP contribution in [0.15, 0.2) is 17.2 Å². The summed E-state index contributed by atoms with van der Waals surface area (Å²) in [5.41, 5.74) is 0.231. The summed E-state index contributed by atoms with van der Waals surface area (Å²) in [7, 11) is 2.80. The molecular formula is C12H13N5O4S. The third-order valence-corrected chi connectivity index (χ3v) is 3.12. The Hall–Kier alpha value is -2.75. The Labute approximate surface area is 130 Å². The first-order chi connectivity index (χ1) is 10.5. The van der Waals surface area contributed by atoms with E-state index < -0.39 is 4.92 Å². The van der Waals surface area contributed by atoms with Gasteiger partial charge >= 0.3 is 5.69 Å². The highest BCUT2D eigenvalue weighted by Gasteiger charge is 2.18. The second-order valence-electron chi connectivity index (χ2n) is 4.16. The van der Waals surface area contributed by atoms with Crippen LogP contribution in [-0.2, 0) is 0 Å². The minimum absolute atomic E-state index is 0.107. The van der Waals surface area contributed by atoms with Gasteiger partial charge in [-0.25, -0.2) is 0 Å². The smallest absolute Gasteiger partial charge is 0.311 e. The Morgan fingerprint density at radius 1 is 1.41 bits per heavy atom. The van der Waals surface area contributed by atoms with Gasteiger partial charge in [-0.15, -0.1) is 0 Å². The molecule has 0 spiro atoms. The lowest BCUT2D eigenvalue weighted by atomic mass is 10.1. The van der Waals surface area contributed by atoms with E-state index in [0.29, 0.717) is 21.9 Å². The van der Waals surface area contributed by atoms with Gasteiger partial charge in [0, 0.05) is 17.7 Å². The molecule has 1 aromatic heterocycles. The molecule has 1 heterocycles. The third kappa shape index (κ3) is 2.96. The summed E-state index contributed by atoms with van der Waals surface area (Å²) in [6.07, 6.45) is 1.41. The number of nitrogens with one attached hydrogen (secondary N) is 1. The number of hydrogen-bond acceptors (Lipinski definition) is 7. The molecule has 9 nitrogen and oxygen atoms in total. The van der Waals surface area contributed by atoms with Crippen molar-refractivity contribution in [1.29, 1.82) is 0 Å². The van der Waals surface area contributed by atoms with Crippen LogP contribution in [0.1, 0.15) is 11.4 Å². The molecule has 0 aliphatic rings. The molecule has 0 aliphatic carbocycles. The van der Waals surface area contributed by atoms with E-state index in [-0.39, 0.29) is 11.4 Å². The van der Waals surface area contributed by atoms with Gasteiger partial charge < -0.3 is 9.47 Å². The van der Waals surface area contributed by atoms with Crippen molar-refractivity contribution >= 4 is 24.1 Å². The average molecular weight is 323 g/mol. The van der Waals surface area contributed by atoms with Gasteiger partial charge in [0.15, 0.2) is 0 Å². The van der Waals surface area contributed by atoms with Crippen molar-refractivity contribution in [2.45, 2.75) is 6.92 Å². The summed E-state index contributed by atoms with van der Waals surface area (Å²) in [5.74, 6) is 1.05. The Balaban J connectivity index is 2.52. The Kier molecular flexibility index (Phi) is 4.51.